The molecule has 21 heavy (non-hydrogen) atoms. The number of aliphatic hydroxyl groups is 1. The van der Waals surface area contributed by atoms with E-state index in [2.05, 4.69) is 4.98 Å². The molecule has 1 amide bonds. The van der Waals surface area contributed by atoms with E-state index in [1.165, 1.54) is 11.3 Å². The summed E-state index contributed by atoms with van der Waals surface area (Å²) in [6.45, 7) is 0.520. The molecule has 2 aromatic rings. The van der Waals surface area contributed by atoms with Crippen molar-refractivity contribution in [1.82, 2.24) is 9.88 Å². The number of aromatic nitrogens is 1. The van der Waals surface area contributed by atoms with Crippen LogP contribution in [-0.4, -0.2) is 33.5 Å². The van der Waals surface area contributed by atoms with Crippen LogP contribution in [0.15, 0.2) is 41.2 Å². The summed E-state index contributed by atoms with van der Waals surface area (Å²) in [5.74, 6) is 0.326. The summed E-state index contributed by atoms with van der Waals surface area (Å²) in [5.41, 5.74) is 3.20. The maximum Gasteiger partial charge on any atom is 0.273 e. The van der Waals surface area contributed by atoms with Crippen molar-refractivity contribution in [3.63, 3.8) is 0 Å². The van der Waals surface area contributed by atoms with Gasteiger partial charge in [-0.25, -0.2) is 4.98 Å². The lowest BCUT2D eigenvalue weighted by molar-refractivity contribution is 0.0526. The van der Waals surface area contributed by atoms with Gasteiger partial charge in [0.15, 0.2) is 0 Å². The van der Waals surface area contributed by atoms with E-state index in [0.717, 1.165) is 18.4 Å². The molecule has 1 aromatic heterocycles. The summed E-state index contributed by atoms with van der Waals surface area (Å²) in [6.07, 6.45) is 2.17. The highest BCUT2D eigenvalue weighted by molar-refractivity contribution is 7.07. The van der Waals surface area contributed by atoms with E-state index in [1.54, 1.807) is 15.8 Å². The number of thiazole rings is 1. The normalized spacial score (nSPS) is 15.7. The lowest BCUT2D eigenvalue weighted by atomic mass is 10.1. The van der Waals surface area contributed by atoms with Crippen molar-refractivity contribution in [2.75, 3.05) is 6.61 Å². The average molecular weight is 302 g/mol. The van der Waals surface area contributed by atoms with E-state index >= 15 is 0 Å². The fourth-order valence-corrected chi connectivity index (χ4v) is 3.09. The lowest BCUT2D eigenvalue weighted by Crippen LogP contribution is -2.43. The van der Waals surface area contributed by atoms with Crippen LogP contribution in [0.2, 0.25) is 0 Å². The van der Waals surface area contributed by atoms with E-state index < -0.39 is 0 Å². The highest BCUT2D eigenvalue weighted by atomic mass is 32.1. The predicted octanol–water partition coefficient (Wildman–Crippen LogP) is 2.56. The molecule has 0 aliphatic heterocycles. The van der Waals surface area contributed by atoms with E-state index in [0.29, 0.717) is 18.2 Å². The fourth-order valence-electron chi connectivity index (χ4n) is 2.57. The predicted molar refractivity (Wildman–Crippen MR) is 82.0 cm³/mol. The summed E-state index contributed by atoms with van der Waals surface area (Å²) < 4.78 is 0. The van der Waals surface area contributed by atoms with Crippen LogP contribution in [0, 0.1) is 5.92 Å². The molecule has 0 bridgehead atoms. The van der Waals surface area contributed by atoms with Gasteiger partial charge in [-0.1, -0.05) is 30.3 Å². The second-order valence-corrected chi connectivity index (χ2v) is 6.10. The smallest absolute Gasteiger partial charge is 0.273 e. The Morgan fingerprint density at radius 2 is 2.14 bits per heavy atom. The minimum Gasteiger partial charge on any atom is -0.394 e. The van der Waals surface area contributed by atoms with Crippen LogP contribution in [-0.2, 0) is 6.54 Å². The molecular formula is C16H18N2O2S. The van der Waals surface area contributed by atoms with Crippen LogP contribution >= 0.6 is 11.3 Å². The van der Waals surface area contributed by atoms with Crippen molar-refractivity contribution in [3.05, 3.63) is 52.5 Å². The molecule has 5 heteroatoms. The Morgan fingerprint density at radius 3 is 2.71 bits per heavy atom. The van der Waals surface area contributed by atoms with Crippen LogP contribution in [0.1, 0.15) is 28.9 Å². The van der Waals surface area contributed by atoms with Gasteiger partial charge in [0, 0.05) is 11.9 Å². The van der Waals surface area contributed by atoms with Gasteiger partial charge in [-0.2, -0.15) is 0 Å². The van der Waals surface area contributed by atoms with Crippen molar-refractivity contribution >= 4 is 17.2 Å². The summed E-state index contributed by atoms with van der Waals surface area (Å²) >= 11 is 1.41. The van der Waals surface area contributed by atoms with Crippen LogP contribution in [0.25, 0.3) is 0 Å². The molecule has 1 fully saturated rings. The van der Waals surface area contributed by atoms with Gasteiger partial charge in [0.2, 0.25) is 0 Å². The molecule has 3 rings (SSSR count). The third-order valence-corrected chi connectivity index (χ3v) is 4.45. The van der Waals surface area contributed by atoms with E-state index in [1.807, 2.05) is 30.3 Å². The summed E-state index contributed by atoms with van der Waals surface area (Å²) in [4.78, 5) is 18.6. The zero-order chi connectivity index (χ0) is 14.7. The molecule has 1 heterocycles. The lowest BCUT2D eigenvalue weighted by Gasteiger charge is -2.30. The van der Waals surface area contributed by atoms with E-state index in [-0.39, 0.29) is 18.6 Å². The molecule has 0 unspecified atom stereocenters. The first-order chi connectivity index (χ1) is 10.3. The van der Waals surface area contributed by atoms with Gasteiger partial charge in [-0.05, 0) is 24.3 Å². The third kappa shape index (κ3) is 3.31. The van der Waals surface area contributed by atoms with Crippen LogP contribution in [0.4, 0.5) is 0 Å². The number of hydrogen-bond acceptors (Lipinski definition) is 4. The Balaban J connectivity index is 1.85. The number of hydrogen-bond donors (Lipinski definition) is 1. The highest BCUT2D eigenvalue weighted by Crippen LogP contribution is 2.36. The topological polar surface area (TPSA) is 53.4 Å². The standard InChI is InChI=1S/C16H18N2O2S/c19-9-15(13-6-7-13)18(8-12-4-2-1-3-5-12)16(20)14-10-21-11-17-14/h1-5,10-11,13,15,19H,6-9H2/t15-/m1/s1. The molecule has 0 radical (unpaired) electrons. The van der Waals surface area contributed by atoms with Gasteiger partial charge >= 0.3 is 0 Å². The SMILES string of the molecule is O=C(c1cscn1)N(Cc1ccccc1)[C@H](CO)C1CC1. The number of rotatable bonds is 6. The zero-order valence-corrected chi connectivity index (χ0v) is 12.5. The number of benzene rings is 1. The molecule has 0 spiro atoms. The quantitative estimate of drug-likeness (QED) is 0.892. The highest BCUT2D eigenvalue weighted by Gasteiger charge is 2.37. The minimum atomic E-state index is -0.112. The van der Waals surface area contributed by atoms with Gasteiger partial charge in [0.05, 0.1) is 18.2 Å². The van der Waals surface area contributed by atoms with Gasteiger partial charge in [0.1, 0.15) is 5.69 Å². The van der Waals surface area contributed by atoms with Crippen LogP contribution in [0.3, 0.4) is 0 Å². The minimum absolute atomic E-state index is 0.00732. The second kappa shape index (κ2) is 6.37. The Kier molecular flexibility index (Phi) is 4.31. The van der Waals surface area contributed by atoms with Gasteiger partial charge < -0.3 is 10.0 Å². The molecule has 110 valence electrons. The number of carbonyl (C=O) groups is 1. The third-order valence-electron chi connectivity index (χ3n) is 3.86. The second-order valence-electron chi connectivity index (χ2n) is 5.38. The molecule has 1 aliphatic carbocycles. The van der Waals surface area contributed by atoms with Crippen molar-refractivity contribution in [2.24, 2.45) is 5.92 Å². The van der Waals surface area contributed by atoms with Crippen LogP contribution < -0.4 is 0 Å². The van der Waals surface area contributed by atoms with Crippen molar-refractivity contribution in [3.8, 4) is 0 Å². The van der Waals surface area contributed by atoms with Crippen molar-refractivity contribution < 1.29 is 9.90 Å². The number of carbonyl (C=O) groups excluding carboxylic acids is 1. The fraction of sp³-hybridized carbons (Fsp3) is 0.375. The molecule has 1 saturated carbocycles. The molecule has 1 aromatic carbocycles. The Bertz CT molecular complexity index is 582. The summed E-state index contributed by atoms with van der Waals surface area (Å²) in [7, 11) is 0. The first-order valence-corrected chi connectivity index (χ1v) is 8.08. The number of amides is 1. The Labute approximate surface area is 128 Å². The van der Waals surface area contributed by atoms with Gasteiger partial charge in [0.25, 0.3) is 5.91 Å². The molecule has 1 N–H and O–H groups in total. The number of aliphatic hydroxyl groups excluding tert-OH is 1. The molecule has 1 aliphatic rings. The maximum atomic E-state index is 12.7. The average Bonchev–Trinajstić information content (AvgIpc) is 3.20. The maximum absolute atomic E-state index is 12.7. The Morgan fingerprint density at radius 1 is 1.38 bits per heavy atom. The number of nitrogens with zero attached hydrogens (tertiary/aromatic N) is 2. The molecular weight excluding hydrogens is 284 g/mol. The molecule has 4 nitrogen and oxygen atoms in total. The summed E-state index contributed by atoms with van der Waals surface area (Å²) in [5, 5.41) is 11.5. The van der Waals surface area contributed by atoms with Crippen molar-refractivity contribution in [2.45, 2.75) is 25.4 Å². The van der Waals surface area contributed by atoms with Crippen LogP contribution in [0.5, 0.6) is 0 Å². The van der Waals surface area contributed by atoms with Crippen molar-refractivity contribution in [1.29, 1.82) is 0 Å². The molecule has 0 saturated heterocycles. The van der Waals surface area contributed by atoms with Gasteiger partial charge in [-0.15, -0.1) is 11.3 Å². The monoisotopic (exact) mass is 302 g/mol. The first-order valence-electron chi connectivity index (χ1n) is 7.13. The van der Waals surface area contributed by atoms with E-state index in [4.69, 9.17) is 0 Å². The van der Waals surface area contributed by atoms with Gasteiger partial charge in [-0.3, -0.25) is 4.79 Å². The zero-order valence-electron chi connectivity index (χ0n) is 11.7. The first kappa shape index (κ1) is 14.2. The van der Waals surface area contributed by atoms with E-state index in [9.17, 15) is 9.90 Å². The molecule has 1 atom stereocenters. The largest absolute Gasteiger partial charge is 0.394 e. The Hall–Kier alpha value is -1.72. The summed E-state index contributed by atoms with van der Waals surface area (Å²) in [6, 6.07) is 9.78.